The molecule has 5 heteroatoms. The molecule has 1 aliphatic carbocycles. The maximum absolute atomic E-state index is 12.7. The quantitative estimate of drug-likeness (QED) is 0.826. The normalized spacial score (nSPS) is 24.0. The highest BCUT2D eigenvalue weighted by atomic mass is 19.4. The number of alkyl halides is 3. The van der Waals surface area contributed by atoms with Gasteiger partial charge in [0.25, 0.3) is 0 Å². The smallest absolute Gasteiger partial charge is 0.450 e. The summed E-state index contributed by atoms with van der Waals surface area (Å²) in [5.74, 6) is -2.57. The van der Waals surface area contributed by atoms with Gasteiger partial charge in [0.15, 0.2) is 0 Å². The van der Waals surface area contributed by atoms with Crippen molar-refractivity contribution < 1.29 is 22.7 Å². The first-order valence-corrected chi connectivity index (χ1v) is 6.93. The van der Waals surface area contributed by atoms with Crippen molar-refractivity contribution >= 4 is 5.78 Å². The van der Waals surface area contributed by atoms with Crippen LogP contribution in [0.4, 0.5) is 13.2 Å². The van der Waals surface area contributed by atoms with Crippen LogP contribution in [0.15, 0.2) is 24.3 Å². The second-order valence-electron chi connectivity index (χ2n) is 6.34. The molecular weight excluding hydrogens is 281 g/mol. The first kappa shape index (κ1) is 15.9. The number of hydrogen-bond donors (Lipinski definition) is 0. The molecule has 0 heterocycles. The Kier molecular flexibility index (Phi) is 3.80. The molecule has 0 spiro atoms. The number of hydrogen-bond acceptors (Lipinski definition) is 2. The molecule has 1 aromatic rings. The van der Waals surface area contributed by atoms with Crippen LogP contribution in [-0.4, -0.2) is 18.1 Å². The highest BCUT2D eigenvalue weighted by Gasteiger charge is 2.67. The van der Waals surface area contributed by atoms with Gasteiger partial charge in [-0.1, -0.05) is 32.0 Å². The summed E-state index contributed by atoms with van der Waals surface area (Å²) >= 11 is 0. The van der Waals surface area contributed by atoms with Crippen LogP contribution < -0.4 is 4.74 Å². The van der Waals surface area contributed by atoms with Crippen molar-refractivity contribution in [2.24, 2.45) is 11.3 Å². The van der Waals surface area contributed by atoms with E-state index < -0.39 is 29.2 Å². The Morgan fingerprint density at radius 1 is 1.24 bits per heavy atom. The number of Topliss-reactive ketones (excluding diaryl/α,β-unsaturated/α-hetero) is 1. The van der Waals surface area contributed by atoms with Crippen molar-refractivity contribution in [3.8, 4) is 5.75 Å². The Hall–Kier alpha value is -1.52. The third-order valence-electron chi connectivity index (χ3n) is 4.01. The molecule has 1 aliphatic rings. The van der Waals surface area contributed by atoms with Gasteiger partial charge in [0.2, 0.25) is 5.78 Å². The van der Waals surface area contributed by atoms with Gasteiger partial charge in [-0.2, -0.15) is 13.2 Å². The van der Waals surface area contributed by atoms with Crippen LogP contribution in [0.5, 0.6) is 5.75 Å². The van der Waals surface area contributed by atoms with E-state index in [1.807, 2.05) is 13.8 Å². The summed E-state index contributed by atoms with van der Waals surface area (Å²) in [6.45, 7) is 7.09. The Bertz CT molecular complexity index is 547. The zero-order chi connectivity index (χ0) is 16.0. The molecule has 0 amide bonds. The van der Waals surface area contributed by atoms with Gasteiger partial charge in [0, 0.05) is 11.8 Å². The summed E-state index contributed by atoms with van der Waals surface area (Å²) in [6.07, 6.45) is -4.87. The molecule has 1 saturated carbocycles. The van der Waals surface area contributed by atoms with Gasteiger partial charge in [-0.25, -0.2) is 0 Å². The van der Waals surface area contributed by atoms with E-state index in [-0.39, 0.29) is 6.10 Å². The van der Waals surface area contributed by atoms with E-state index in [2.05, 4.69) is 0 Å². The summed E-state index contributed by atoms with van der Waals surface area (Å²) in [7, 11) is 0. The van der Waals surface area contributed by atoms with Crippen LogP contribution >= 0.6 is 0 Å². The summed E-state index contributed by atoms with van der Waals surface area (Å²) in [6, 6.07) is 7.01. The molecule has 0 radical (unpaired) electrons. The van der Waals surface area contributed by atoms with E-state index in [9.17, 15) is 18.0 Å². The number of rotatable bonds is 4. The summed E-state index contributed by atoms with van der Waals surface area (Å²) in [5, 5.41) is 0. The Balaban J connectivity index is 2.34. The minimum atomic E-state index is -4.79. The molecule has 2 unspecified atom stereocenters. The molecule has 116 valence electrons. The van der Waals surface area contributed by atoms with Crippen LogP contribution in [0.1, 0.15) is 39.2 Å². The standard InChI is InChI=1S/C16H19F3O2/c1-9(2)21-11-8-6-5-7-10(11)12-13(15(12,3)4)14(20)16(17,18)19/h5-9,12-13H,1-4H3. The van der Waals surface area contributed by atoms with Gasteiger partial charge in [0.1, 0.15) is 5.75 Å². The lowest BCUT2D eigenvalue weighted by Crippen LogP contribution is -2.26. The topological polar surface area (TPSA) is 26.3 Å². The number of carbonyl (C=O) groups is 1. The summed E-state index contributed by atoms with van der Waals surface area (Å²) < 4.78 is 43.8. The second-order valence-corrected chi connectivity index (χ2v) is 6.34. The molecule has 0 aromatic heterocycles. The molecule has 1 fully saturated rings. The van der Waals surface area contributed by atoms with E-state index in [0.29, 0.717) is 11.3 Å². The molecule has 0 bridgehead atoms. The van der Waals surface area contributed by atoms with Crippen molar-refractivity contribution in [1.29, 1.82) is 0 Å². The molecule has 21 heavy (non-hydrogen) atoms. The van der Waals surface area contributed by atoms with E-state index >= 15 is 0 Å². The maximum atomic E-state index is 12.7. The molecule has 2 atom stereocenters. The zero-order valence-electron chi connectivity index (χ0n) is 12.5. The van der Waals surface area contributed by atoms with Crippen LogP contribution in [0.2, 0.25) is 0 Å². The van der Waals surface area contributed by atoms with Gasteiger partial charge in [-0.15, -0.1) is 0 Å². The van der Waals surface area contributed by atoms with E-state index in [1.165, 1.54) is 0 Å². The van der Waals surface area contributed by atoms with Gasteiger partial charge in [-0.3, -0.25) is 4.79 Å². The predicted octanol–water partition coefficient (Wildman–Crippen LogP) is 4.34. The van der Waals surface area contributed by atoms with Crippen LogP contribution in [0.25, 0.3) is 0 Å². The summed E-state index contributed by atoms with van der Waals surface area (Å²) in [5.41, 5.74) is -0.0259. The first-order chi connectivity index (χ1) is 9.56. The number of para-hydroxylation sites is 1. The molecule has 0 saturated heterocycles. The Morgan fingerprint density at radius 2 is 1.81 bits per heavy atom. The van der Waals surface area contributed by atoms with Crippen LogP contribution in [-0.2, 0) is 4.79 Å². The number of halogens is 3. The van der Waals surface area contributed by atoms with Gasteiger partial charge in [-0.05, 0) is 30.9 Å². The fourth-order valence-corrected chi connectivity index (χ4v) is 2.98. The lowest BCUT2D eigenvalue weighted by Gasteiger charge is -2.15. The fraction of sp³-hybridized carbons (Fsp3) is 0.562. The number of carbonyl (C=O) groups excluding carboxylic acids is 1. The largest absolute Gasteiger partial charge is 0.491 e. The molecule has 2 rings (SSSR count). The van der Waals surface area contributed by atoms with Gasteiger partial charge >= 0.3 is 6.18 Å². The van der Waals surface area contributed by atoms with E-state index in [0.717, 1.165) is 0 Å². The van der Waals surface area contributed by atoms with Crippen molar-refractivity contribution in [2.75, 3.05) is 0 Å². The minimum absolute atomic E-state index is 0.0789. The Morgan fingerprint density at radius 3 is 2.33 bits per heavy atom. The first-order valence-electron chi connectivity index (χ1n) is 6.93. The molecule has 0 aliphatic heterocycles. The highest BCUT2D eigenvalue weighted by Crippen LogP contribution is 2.67. The third-order valence-corrected chi connectivity index (χ3v) is 4.01. The predicted molar refractivity (Wildman–Crippen MR) is 73.3 cm³/mol. The average Bonchev–Trinajstić information content (AvgIpc) is 2.89. The van der Waals surface area contributed by atoms with Crippen molar-refractivity contribution in [3.63, 3.8) is 0 Å². The third kappa shape index (κ3) is 2.92. The Labute approximate surface area is 122 Å². The zero-order valence-corrected chi connectivity index (χ0v) is 12.5. The lowest BCUT2D eigenvalue weighted by atomic mass is 10.0. The van der Waals surface area contributed by atoms with E-state index in [4.69, 9.17) is 4.74 Å². The summed E-state index contributed by atoms with van der Waals surface area (Å²) in [4.78, 5) is 11.6. The molecule has 2 nitrogen and oxygen atoms in total. The number of benzene rings is 1. The van der Waals surface area contributed by atoms with E-state index in [1.54, 1.807) is 38.1 Å². The minimum Gasteiger partial charge on any atom is -0.491 e. The molecule has 1 aromatic carbocycles. The highest BCUT2D eigenvalue weighted by molar-refractivity contribution is 5.91. The fourth-order valence-electron chi connectivity index (χ4n) is 2.98. The SMILES string of the molecule is CC(C)Oc1ccccc1C1C(C(=O)C(F)(F)F)C1(C)C. The van der Waals surface area contributed by atoms with Crippen molar-refractivity contribution in [2.45, 2.75) is 45.9 Å². The monoisotopic (exact) mass is 300 g/mol. The van der Waals surface area contributed by atoms with Crippen molar-refractivity contribution in [1.82, 2.24) is 0 Å². The molecule has 0 N–H and O–H groups in total. The number of ether oxygens (including phenoxy) is 1. The second kappa shape index (κ2) is 5.04. The van der Waals surface area contributed by atoms with Gasteiger partial charge < -0.3 is 4.74 Å². The maximum Gasteiger partial charge on any atom is 0.450 e. The average molecular weight is 300 g/mol. The van der Waals surface area contributed by atoms with Crippen LogP contribution in [0, 0.1) is 11.3 Å². The number of ketones is 1. The van der Waals surface area contributed by atoms with Gasteiger partial charge in [0.05, 0.1) is 6.10 Å². The lowest BCUT2D eigenvalue weighted by molar-refractivity contribution is -0.173. The van der Waals surface area contributed by atoms with Crippen molar-refractivity contribution in [3.05, 3.63) is 29.8 Å². The van der Waals surface area contributed by atoms with Crippen LogP contribution in [0.3, 0.4) is 0 Å². The molecular formula is C16H19F3O2.